The molecule has 25 heavy (non-hydrogen) atoms. The first-order valence-electron chi connectivity index (χ1n) is 8.86. The molecule has 1 atom stereocenters. The standard InChI is InChI=1S/C18H23N5O2/c24-17(23-10-4-7-18(13-23)8-9-19-12-18)20-11-15-21-16(25-22-15)14-5-2-1-3-6-14/h1-3,5-6,19H,4,7-13H2,(H,20,24). The maximum Gasteiger partial charge on any atom is 0.317 e. The van der Waals surface area contributed by atoms with E-state index in [-0.39, 0.29) is 18.0 Å². The van der Waals surface area contributed by atoms with E-state index in [4.69, 9.17) is 4.52 Å². The van der Waals surface area contributed by atoms with Crippen LogP contribution in [0.1, 0.15) is 25.1 Å². The number of hydrogen-bond donors (Lipinski definition) is 2. The number of piperidine rings is 1. The van der Waals surface area contributed by atoms with Crippen LogP contribution in [0.25, 0.3) is 11.5 Å². The highest BCUT2D eigenvalue weighted by molar-refractivity contribution is 5.74. The van der Waals surface area contributed by atoms with Gasteiger partial charge in [0.1, 0.15) is 0 Å². The van der Waals surface area contributed by atoms with Gasteiger partial charge in [0.05, 0.1) is 6.54 Å². The number of carbonyl (C=O) groups is 1. The molecule has 2 fully saturated rings. The highest BCUT2D eigenvalue weighted by Gasteiger charge is 2.39. The molecule has 1 unspecified atom stereocenters. The van der Waals surface area contributed by atoms with Crippen LogP contribution in [0, 0.1) is 5.41 Å². The minimum atomic E-state index is -0.0444. The first kappa shape index (κ1) is 16.1. The van der Waals surface area contributed by atoms with Gasteiger partial charge in [-0.2, -0.15) is 4.98 Å². The molecular formula is C18H23N5O2. The predicted molar refractivity (Wildman–Crippen MR) is 92.7 cm³/mol. The maximum absolute atomic E-state index is 12.5. The number of hydrogen-bond acceptors (Lipinski definition) is 5. The Morgan fingerprint density at radius 2 is 2.20 bits per heavy atom. The van der Waals surface area contributed by atoms with Crippen molar-refractivity contribution in [3.63, 3.8) is 0 Å². The second-order valence-electron chi connectivity index (χ2n) is 6.99. The SMILES string of the molecule is O=C(NCc1noc(-c2ccccc2)n1)N1CCCC2(CCNC2)C1. The van der Waals surface area contributed by atoms with E-state index >= 15 is 0 Å². The fourth-order valence-electron chi connectivity index (χ4n) is 3.82. The Balaban J connectivity index is 1.34. The van der Waals surface area contributed by atoms with Gasteiger partial charge in [0, 0.05) is 30.6 Å². The van der Waals surface area contributed by atoms with Crippen molar-refractivity contribution in [1.29, 1.82) is 0 Å². The third-order valence-corrected chi connectivity index (χ3v) is 5.17. The lowest BCUT2D eigenvalue weighted by atomic mass is 9.79. The fraction of sp³-hybridized carbons (Fsp3) is 0.500. The average molecular weight is 341 g/mol. The first-order chi connectivity index (χ1) is 12.2. The Labute approximate surface area is 146 Å². The van der Waals surface area contributed by atoms with Gasteiger partial charge in [0.15, 0.2) is 5.82 Å². The van der Waals surface area contributed by atoms with Crippen molar-refractivity contribution in [2.45, 2.75) is 25.8 Å². The highest BCUT2D eigenvalue weighted by atomic mass is 16.5. The average Bonchev–Trinajstić information content (AvgIpc) is 3.30. The third-order valence-electron chi connectivity index (χ3n) is 5.17. The second kappa shape index (κ2) is 6.84. The summed E-state index contributed by atoms with van der Waals surface area (Å²) in [5, 5.41) is 10.3. The van der Waals surface area contributed by atoms with Crippen molar-refractivity contribution in [3.05, 3.63) is 36.2 Å². The number of aromatic nitrogens is 2. The Morgan fingerprint density at radius 3 is 3.00 bits per heavy atom. The fourth-order valence-corrected chi connectivity index (χ4v) is 3.82. The molecule has 0 saturated carbocycles. The number of urea groups is 1. The Morgan fingerprint density at radius 1 is 1.32 bits per heavy atom. The summed E-state index contributed by atoms with van der Waals surface area (Å²) < 4.78 is 5.27. The minimum Gasteiger partial charge on any atom is -0.334 e. The van der Waals surface area contributed by atoms with E-state index in [2.05, 4.69) is 20.8 Å². The van der Waals surface area contributed by atoms with E-state index in [1.165, 1.54) is 6.42 Å². The molecule has 0 bridgehead atoms. The number of amides is 2. The molecule has 2 amide bonds. The van der Waals surface area contributed by atoms with Gasteiger partial charge >= 0.3 is 6.03 Å². The Hall–Kier alpha value is -2.41. The summed E-state index contributed by atoms with van der Waals surface area (Å²) in [7, 11) is 0. The molecule has 4 rings (SSSR count). The second-order valence-corrected chi connectivity index (χ2v) is 6.99. The summed E-state index contributed by atoms with van der Waals surface area (Å²) in [6.07, 6.45) is 3.42. The summed E-state index contributed by atoms with van der Waals surface area (Å²) in [5.41, 5.74) is 1.14. The van der Waals surface area contributed by atoms with E-state index in [0.29, 0.717) is 11.7 Å². The highest BCUT2D eigenvalue weighted by Crippen LogP contribution is 2.35. The van der Waals surface area contributed by atoms with E-state index in [0.717, 1.165) is 44.6 Å². The molecule has 0 radical (unpaired) electrons. The van der Waals surface area contributed by atoms with Gasteiger partial charge in [-0.15, -0.1) is 0 Å². The molecule has 7 heteroatoms. The number of nitrogens with zero attached hydrogens (tertiary/aromatic N) is 3. The Bertz CT molecular complexity index is 724. The molecule has 2 N–H and O–H groups in total. The van der Waals surface area contributed by atoms with Crippen LogP contribution >= 0.6 is 0 Å². The number of rotatable bonds is 3. The summed E-state index contributed by atoms with van der Waals surface area (Å²) in [6.45, 7) is 3.99. The van der Waals surface area contributed by atoms with Crippen molar-refractivity contribution < 1.29 is 9.32 Å². The largest absolute Gasteiger partial charge is 0.334 e. The zero-order chi connectivity index (χ0) is 17.1. The van der Waals surface area contributed by atoms with E-state index in [1.807, 2.05) is 35.2 Å². The lowest BCUT2D eigenvalue weighted by Crippen LogP contribution is -2.50. The monoisotopic (exact) mass is 341 g/mol. The molecular weight excluding hydrogens is 318 g/mol. The van der Waals surface area contributed by atoms with E-state index in [9.17, 15) is 4.79 Å². The van der Waals surface area contributed by atoms with Crippen LogP contribution in [-0.2, 0) is 6.54 Å². The predicted octanol–water partition coefficient (Wildman–Crippen LogP) is 2.02. The quantitative estimate of drug-likeness (QED) is 0.892. The van der Waals surface area contributed by atoms with Gasteiger partial charge in [0.25, 0.3) is 5.89 Å². The van der Waals surface area contributed by atoms with Crippen molar-refractivity contribution in [2.24, 2.45) is 5.41 Å². The molecule has 2 saturated heterocycles. The molecule has 1 aromatic heterocycles. The van der Waals surface area contributed by atoms with Crippen LogP contribution in [0.4, 0.5) is 4.79 Å². The van der Waals surface area contributed by atoms with Crippen LogP contribution in [0.3, 0.4) is 0 Å². The molecule has 1 spiro atoms. The molecule has 7 nitrogen and oxygen atoms in total. The van der Waals surface area contributed by atoms with Crippen LogP contribution in [0.2, 0.25) is 0 Å². The summed E-state index contributed by atoms with van der Waals surface area (Å²) in [4.78, 5) is 18.8. The molecule has 2 aromatic rings. The van der Waals surface area contributed by atoms with Crippen LogP contribution in [0.15, 0.2) is 34.9 Å². The number of carbonyl (C=O) groups excluding carboxylic acids is 1. The number of benzene rings is 1. The van der Waals surface area contributed by atoms with Crippen LogP contribution in [0.5, 0.6) is 0 Å². The van der Waals surface area contributed by atoms with Gasteiger partial charge in [-0.1, -0.05) is 23.4 Å². The van der Waals surface area contributed by atoms with E-state index in [1.54, 1.807) is 0 Å². The van der Waals surface area contributed by atoms with Crippen molar-refractivity contribution >= 4 is 6.03 Å². The van der Waals surface area contributed by atoms with E-state index < -0.39 is 0 Å². The van der Waals surface area contributed by atoms with Crippen molar-refractivity contribution in [1.82, 2.24) is 25.7 Å². The molecule has 0 aliphatic carbocycles. The summed E-state index contributed by atoms with van der Waals surface area (Å²) >= 11 is 0. The normalized spacial score (nSPS) is 23.1. The van der Waals surface area contributed by atoms with Gasteiger partial charge in [0.2, 0.25) is 0 Å². The van der Waals surface area contributed by atoms with Crippen LogP contribution < -0.4 is 10.6 Å². The van der Waals surface area contributed by atoms with Crippen LogP contribution in [-0.4, -0.2) is 47.3 Å². The molecule has 3 heterocycles. The molecule has 2 aliphatic rings. The van der Waals surface area contributed by atoms with Crippen molar-refractivity contribution in [3.8, 4) is 11.5 Å². The zero-order valence-corrected chi connectivity index (χ0v) is 14.2. The Kier molecular flexibility index (Phi) is 4.40. The van der Waals surface area contributed by atoms with Gasteiger partial charge in [-0.3, -0.25) is 0 Å². The van der Waals surface area contributed by atoms with Crippen molar-refractivity contribution in [2.75, 3.05) is 26.2 Å². The minimum absolute atomic E-state index is 0.0444. The van der Waals surface area contributed by atoms with Gasteiger partial charge in [-0.25, -0.2) is 4.79 Å². The topological polar surface area (TPSA) is 83.3 Å². The third kappa shape index (κ3) is 3.51. The molecule has 132 valence electrons. The summed E-state index contributed by atoms with van der Waals surface area (Å²) in [6, 6.07) is 9.57. The molecule has 1 aromatic carbocycles. The zero-order valence-electron chi connectivity index (χ0n) is 14.2. The maximum atomic E-state index is 12.5. The molecule has 2 aliphatic heterocycles. The van der Waals surface area contributed by atoms with Gasteiger partial charge < -0.3 is 20.1 Å². The lowest BCUT2D eigenvalue weighted by molar-refractivity contribution is 0.117. The van der Waals surface area contributed by atoms with Gasteiger partial charge in [-0.05, 0) is 37.9 Å². The number of nitrogens with one attached hydrogen (secondary N) is 2. The lowest BCUT2D eigenvalue weighted by Gasteiger charge is -2.39. The smallest absolute Gasteiger partial charge is 0.317 e. The number of likely N-dealkylation sites (tertiary alicyclic amines) is 1. The summed E-state index contributed by atoms with van der Waals surface area (Å²) in [5.74, 6) is 0.959. The first-order valence-corrected chi connectivity index (χ1v) is 8.86.